The fraction of sp³-hybridized carbons (Fsp3) is 0.424. The van der Waals surface area contributed by atoms with Crippen LogP contribution in [0.25, 0.3) is 11.1 Å². The normalized spacial score (nSPS) is 20.4. The van der Waals surface area contributed by atoms with E-state index in [1.165, 1.54) is 16.6 Å². The Kier molecular flexibility index (Phi) is 7.85. The lowest BCUT2D eigenvalue weighted by Gasteiger charge is -2.30. The number of aryl methyl sites for hydroxylation is 2. The lowest BCUT2D eigenvalue weighted by atomic mass is 9.90. The van der Waals surface area contributed by atoms with E-state index in [4.69, 9.17) is 14.2 Å². The number of nitrogens with zero attached hydrogens (tertiary/aromatic N) is 1. The van der Waals surface area contributed by atoms with Gasteiger partial charge in [-0.05, 0) is 91.6 Å². The molecule has 2 aliphatic heterocycles. The van der Waals surface area contributed by atoms with E-state index in [0.717, 1.165) is 39.1 Å². The van der Waals surface area contributed by atoms with Crippen molar-refractivity contribution in [3.8, 4) is 28.4 Å². The van der Waals surface area contributed by atoms with Crippen molar-refractivity contribution >= 4 is 16.0 Å². The Morgan fingerprint density at radius 2 is 1.74 bits per heavy atom. The van der Waals surface area contributed by atoms with Crippen LogP contribution in [0.4, 0.5) is 4.39 Å². The van der Waals surface area contributed by atoms with Gasteiger partial charge in [0.05, 0.1) is 19.3 Å². The van der Waals surface area contributed by atoms with E-state index in [1.807, 2.05) is 38.1 Å². The number of fused-ring (bicyclic) bond motifs is 2. The van der Waals surface area contributed by atoms with E-state index >= 15 is 4.39 Å². The van der Waals surface area contributed by atoms with Crippen LogP contribution in [0.2, 0.25) is 0 Å². The molecule has 1 N–H and O–H groups in total. The number of carbonyl (C=O) groups is 1. The summed E-state index contributed by atoms with van der Waals surface area (Å²) in [6.45, 7) is 5.29. The molecule has 0 aromatic heterocycles. The minimum atomic E-state index is -3.19. The summed E-state index contributed by atoms with van der Waals surface area (Å²) >= 11 is 0. The Bertz CT molecular complexity index is 1660. The molecule has 0 saturated carbocycles. The predicted octanol–water partition coefficient (Wildman–Crippen LogP) is 5.93. The molecule has 3 aromatic carbocycles. The van der Waals surface area contributed by atoms with Gasteiger partial charge in [0, 0.05) is 36.2 Å². The van der Waals surface area contributed by atoms with Crippen LogP contribution in [-0.2, 0) is 21.2 Å². The molecular formula is C33H36FNO7S. The molecule has 1 aliphatic carbocycles. The number of benzene rings is 3. The van der Waals surface area contributed by atoms with Crippen molar-refractivity contribution in [2.45, 2.75) is 64.1 Å². The largest absolute Gasteiger partial charge is 0.492 e. The standard InChI is InChI=1S/C33H36FNO7S/c1-19-14-24(41-22-10-12-35(13-11-22)43(3,38)39)15-20(2)32(19)26-6-8-28(34)33-27(26)7-9-29(33)42-23-4-5-25-21(16-31(36)37)18-40-30(25)17-23/h4-6,8,14-15,17,21-22,29H,7,9-13,16,18H2,1-3H3,(H,36,37)/t21-,29?/m1/s1. The number of carboxylic acid groups (broad SMARTS) is 1. The number of aliphatic carboxylic acids is 1. The third-order valence-electron chi connectivity index (χ3n) is 8.79. The molecule has 6 rings (SSSR count). The van der Waals surface area contributed by atoms with Gasteiger partial charge in [-0.2, -0.15) is 0 Å². The molecule has 0 spiro atoms. The van der Waals surface area contributed by atoms with Crippen LogP contribution < -0.4 is 14.2 Å². The number of carboxylic acids is 1. The van der Waals surface area contributed by atoms with E-state index in [0.29, 0.717) is 62.4 Å². The van der Waals surface area contributed by atoms with Gasteiger partial charge in [0.25, 0.3) is 0 Å². The molecule has 1 unspecified atom stereocenters. The molecule has 1 saturated heterocycles. The molecular weight excluding hydrogens is 573 g/mol. The van der Waals surface area contributed by atoms with Crippen LogP contribution in [-0.4, -0.2) is 55.9 Å². The fourth-order valence-electron chi connectivity index (χ4n) is 6.79. The first-order chi connectivity index (χ1) is 20.5. The van der Waals surface area contributed by atoms with E-state index in [1.54, 1.807) is 12.1 Å². The lowest BCUT2D eigenvalue weighted by Crippen LogP contribution is -2.41. The van der Waals surface area contributed by atoms with Crippen molar-refractivity contribution < 1.29 is 36.9 Å². The van der Waals surface area contributed by atoms with Crippen molar-refractivity contribution in [3.63, 3.8) is 0 Å². The third kappa shape index (κ3) is 5.95. The maximum atomic E-state index is 15.3. The monoisotopic (exact) mass is 609 g/mol. The summed E-state index contributed by atoms with van der Waals surface area (Å²) in [5.74, 6) is 0.580. The Labute approximate surface area is 251 Å². The fourth-order valence-corrected chi connectivity index (χ4v) is 7.66. The van der Waals surface area contributed by atoms with Gasteiger partial charge in [0.15, 0.2) is 0 Å². The number of sulfonamides is 1. The first kappa shape index (κ1) is 29.4. The Morgan fingerprint density at radius 3 is 2.42 bits per heavy atom. The van der Waals surface area contributed by atoms with Crippen LogP contribution in [0.3, 0.4) is 0 Å². The summed E-state index contributed by atoms with van der Waals surface area (Å²) < 4.78 is 58.8. The zero-order chi connectivity index (χ0) is 30.5. The molecule has 1 fully saturated rings. The summed E-state index contributed by atoms with van der Waals surface area (Å²) in [5, 5.41) is 9.17. The van der Waals surface area contributed by atoms with Crippen LogP contribution in [0.5, 0.6) is 17.2 Å². The Hall–Kier alpha value is -3.63. The number of hydrogen-bond acceptors (Lipinski definition) is 6. The molecule has 228 valence electrons. The van der Waals surface area contributed by atoms with Crippen molar-refractivity contribution in [2.24, 2.45) is 0 Å². The quantitative estimate of drug-likeness (QED) is 0.338. The SMILES string of the molecule is Cc1cc(OC2CCN(S(C)(=O)=O)CC2)cc(C)c1-c1ccc(F)c2c1CCC2Oc1ccc2c(c1)OC[C@H]2CC(=O)O. The van der Waals surface area contributed by atoms with Crippen LogP contribution in [0, 0.1) is 19.7 Å². The summed E-state index contributed by atoms with van der Waals surface area (Å²) in [5.41, 5.74) is 6.44. The minimum Gasteiger partial charge on any atom is -0.492 e. The van der Waals surface area contributed by atoms with Gasteiger partial charge < -0.3 is 19.3 Å². The average Bonchev–Trinajstić information content (AvgIpc) is 3.54. The first-order valence-electron chi connectivity index (χ1n) is 14.7. The zero-order valence-corrected chi connectivity index (χ0v) is 25.4. The molecule has 3 aromatic rings. The first-order valence-corrected chi connectivity index (χ1v) is 16.5. The highest BCUT2D eigenvalue weighted by Crippen LogP contribution is 2.45. The second-order valence-corrected chi connectivity index (χ2v) is 13.8. The summed E-state index contributed by atoms with van der Waals surface area (Å²) in [4.78, 5) is 11.2. The van der Waals surface area contributed by atoms with E-state index < -0.39 is 22.1 Å². The molecule has 2 heterocycles. The minimum absolute atomic E-state index is 0.00777. The zero-order valence-electron chi connectivity index (χ0n) is 24.6. The molecule has 10 heteroatoms. The molecule has 0 radical (unpaired) electrons. The smallest absolute Gasteiger partial charge is 0.304 e. The van der Waals surface area contributed by atoms with Gasteiger partial charge in [0.1, 0.15) is 35.3 Å². The molecule has 0 bridgehead atoms. The van der Waals surface area contributed by atoms with E-state index in [-0.39, 0.29) is 24.3 Å². The number of ether oxygens (including phenoxy) is 3. The third-order valence-corrected chi connectivity index (χ3v) is 10.1. The highest BCUT2D eigenvalue weighted by molar-refractivity contribution is 7.88. The predicted molar refractivity (Wildman–Crippen MR) is 160 cm³/mol. The highest BCUT2D eigenvalue weighted by Gasteiger charge is 2.33. The maximum Gasteiger partial charge on any atom is 0.304 e. The van der Waals surface area contributed by atoms with E-state index in [9.17, 15) is 18.3 Å². The molecule has 8 nitrogen and oxygen atoms in total. The summed E-state index contributed by atoms with van der Waals surface area (Å²) in [7, 11) is -3.19. The van der Waals surface area contributed by atoms with Gasteiger partial charge in [-0.15, -0.1) is 0 Å². The molecule has 43 heavy (non-hydrogen) atoms. The lowest BCUT2D eigenvalue weighted by molar-refractivity contribution is -0.137. The Morgan fingerprint density at radius 1 is 1.02 bits per heavy atom. The molecule has 2 atom stereocenters. The van der Waals surface area contributed by atoms with Gasteiger partial charge in [-0.25, -0.2) is 17.1 Å². The molecule has 3 aliphatic rings. The number of piperidine rings is 1. The maximum absolute atomic E-state index is 15.3. The van der Waals surface area contributed by atoms with Gasteiger partial charge in [-0.3, -0.25) is 4.79 Å². The Balaban J connectivity index is 1.21. The van der Waals surface area contributed by atoms with Crippen molar-refractivity contribution in [1.29, 1.82) is 0 Å². The number of hydrogen-bond donors (Lipinski definition) is 1. The van der Waals surface area contributed by atoms with Crippen LogP contribution >= 0.6 is 0 Å². The van der Waals surface area contributed by atoms with E-state index in [2.05, 4.69) is 0 Å². The van der Waals surface area contributed by atoms with Crippen LogP contribution in [0.15, 0.2) is 42.5 Å². The second-order valence-electron chi connectivity index (χ2n) is 11.8. The van der Waals surface area contributed by atoms with Gasteiger partial charge in [0.2, 0.25) is 10.0 Å². The summed E-state index contributed by atoms with van der Waals surface area (Å²) in [6, 6.07) is 12.8. The van der Waals surface area contributed by atoms with Crippen LogP contribution in [0.1, 0.15) is 65.5 Å². The number of rotatable bonds is 8. The topological polar surface area (TPSA) is 102 Å². The average molecular weight is 610 g/mol. The van der Waals surface area contributed by atoms with Crippen molar-refractivity contribution in [2.75, 3.05) is 26.0 Å². The van der Waals surface area contributed by atoms with Crippen molar-refractivity contribution in [1.82, 2.24) is 4.31 Å². The van der Waals surface area contributed by atoms with Gasteiger partial charge >= 0.3 is 5.97 Å². The molecule has 0 amide bonds. The second kappa shape index (κ2) is 11.5. The van der Waals surface area contributed by atoms with Crippen molar-refractivity contribution in [3.05, 3.63) is 76.1 Å². The number of halogens is 1. The summed E-state index contributed by atoms with van der Waals surface area (Å²) in [6.07, 6.45) is 3.32. The van der Waals surface area contributed by atoms with Gasteiger partial charge in [-0.1, -0.05) is 12.1 Å². The highest BCUT2D eigenvalue weighted by atomic mass is 32.2.